The zero-order chi connectivity index (χ0) is 17.1. The number of nitrogens with zero attached hydrogens (tertiary/aromatic N) is 4. The minimum atomic E-state index is 0.469. The van der Waals surface area contributed by atoms with Crippen molar-refractivity contribution in [3.8, 4) is 0 Å². The van der Waals surface area contributed by atoms with Crippen LogP contribution in [-0.2, 0) is 6.54 Å². The first-order chi connectivity index (χ1) is 12.3. The molecule has 0 atom stereocenters. The molecular formula is C19H20BrN5. The lowest BCUT2D eigenvalue weighted by atomic mass is 10.0. The van der Waals surface area contributed by atoms with Gasteiger partial charge >= 0.3 is 0 Å². The zero-order valence-electron chi connectivity index (χ0n) is 13.9. The number of nitrogens with one attached hydrogen (secondary N) is 1. The monoisotopic (exact) mass is 397 g/mol. The molecule has 0 bridgehead atoms. The van der Waals surface area contributed by atoms with Gasteiger partial charge in [0.1, 0.15) is 5.52 Å². The Morgan fingerprint density at radius 2 is 1.96 bits per heavy atom. The van der Waals surface area contributed by atoms with Crippen LogP contribution >= 0.6 is 15.9 Å². The Balaban J connectivity index is 1.39. The summed E-state index contributed by atoms with van der Waals surface area (Å²) in [4.78, 5) is 15.8. The van der Waals surface area contributed by atoms with Crippen LogP contribution in [0.3, 0.4) is 0 Å². The van der Waals surface area contributed by atoms with Crippen molar-refractivity contribution in [3.63, 3.8) is 0 Å². The summed E-state index contributed by atoms with van der Waals surface area (Å²) < 4.78 is 0.951. The highest BCUT2D eigenvalue weighted by atomic mass is 79.9. The number of halogens is 1. The Kier molecular flexibility index (Phi) is 4.90. The summed E-state index contributed by atoms with van der Waals surface area (Å²) in [5.74, 6) is 0. The van der Waals surface area contributed by atoms with Gasteiger partial charge in [0.15, 0.2) is 0 Å². The summed E-state index contributed by atoms with van der Waals surface area (Å²) in [6, 6.07) is 10.6. The highest BCUT2D eigenvalue weighted by Crippen LogP contribution is 2.24. The second-order valence-corrected chi connectivity index (χ2v) is 7.31. The fourth-order valence-electron chi connectivity index (χ4n) is 3.30. The predicted molar refractivity (Wildman–Crippen MR) is 103 cm³/mol. The minimum absolute atomic E-state index is 0.469. The number of anilines is 1. The topological polar surface area (TPSA) is 53.9 Å². The van der Waals surface area contributed by atoms with E-state index in [0.29, 0.717) is 6.04 Å². The molecule has 1 saturated heterocycles. The molecule has 0 radical (unpaired) electrons. The molecule has 25 heavy (non-hydrogen) atoms. The van der Waals surface area contributed by atoms with Crippen LogP contribution < -0.4 is 5.32 Å². The second kappa shape index (κ2) is 7.45. The molecule has 0 amide bonds. The van der Waals surface area contributed by atoms with E-state index in [-0.39, 0.29) is 0 Å². The molecule has 0 aromatic carbocycles. The Bertz CT molecular complexity index is 847. The number of hydrogen-bond acceptors (Lipinski definition) is 5. The first kappa shape index (κ1) is 16.4. The van der Waals surface area contributed by atoms with E-state index >= 15 is 0 Å². The molecule has 1 N–H and O–H groups in total. The lowest BCUT2D eigenvalue weighted by Gasteiger charge is -2.32. The lowest BCUT2D eigenvalue weighted by Crippen LogP contribution is -2.38. The molecule has 5 nitrogen and oxygen atoms in total. The van der Waals surface area contributed by atoms with Crippen LogP contribution in [0.25, 0.3) is 11.0 Å². The van der Waals surface area contributed by atoms with E-state index in [2.05, 4.69) is 53.2 Å². The molecule has 1 aliphatic heterocycles. The van der Waals surface area contributed by atoms with Crippen LogP contribution in [-0.4, -0.2) is 39.0 Å². The van der Waals surface area contributed by atoms with Crippen LogP contribution in [0, 0.1) is 0 Å². The first-order valence-electron chi connectivity index (χ1n) is 8.57. The van der Waals surface area contributed by atoms with Crippen LogP contribution in [0.15, 0.2) is 53.4 Å². The van der Waals surface area contributed by atoms with Gasteiger partial charge in [-0.3, -0.25) is 19.9 Å². The molecule has 0 unspecified atom stereocenters. The number of rotatable bonds is 4. The smallest absolute Gasteiger partial charge is 0.112 e. The predicted octanol–water partition coefficient (Wildman–Crippen LogP) is 3.86. The molecule has 0 spiro atoms. The minimum Gasteiger partial charge on any atom is -0.380 e. The fraction of sp³-hybridized carbons (Fsp3) is 0.316. The number of hydrogen-bond donors (Lipinski definition) is 1. The van der Waals surface area contributed by atoms with Crippen LogP contribution in [0.5, 0.6) is 0 Å². The van der Waals surface area contributed by atoms with Crippen molar-refractivity contribution in [2.45, 2.75) is 25.4 Å². The summed E-state index contributed by atoms with van der Waals surface area (Å²) in [6.45, 7) is 3.09. The van der Waals surface area contributed by atoms with E-state index in [9.17, 15) is 0 Å². The summed E-state index contributed by atoms with van der Waals surface area (Å²) in [6.07, 6.45) is 7.77. The number of likely N-dealkylation sites (tertiary alicyclic amines) is 1. The molecule has 3 aromatic heterocycles. The fourth-order valence-corrected chi connectivity index (χ4v) is 3.62. The van der Waals surface area contributed by atoms with Crippen molar-refractivity contribution in [2.75, 3.05) is 18.4 Å². The SMILES string of the molecule is Brc1cnc2c(NC3CCN(Cc4ccccn4)CC3)ccnc2c1. The summed E-state index contributed by atoms with van der Waals surface area (Å²) >= 11 is 3.46. The van der Waals surface area contributed by atoms with Crippen molar-refractivity contribution < 1.29 is 0 Å². The van der Waals surface area contributed by atoms with Crippen molar-refractivity contribution in [2.24, 2.45) is 0 Å². The Morgan fingerprint density at radius 3 is 2.76 bits per heavy atom. The molecule has 4 rings (SSSR count). The van der Waals surface area contributed by atoms with E-state index < -0.39 is 0 Å². The average Bonchev–Trinajstić information content (AvgIpc) is 2.64. The second-order valence-electron chi connectivity index (χ2n) is 6.40. The van der Waals surface area contributed by atoms with Crippen molar-refractivity contribution in [1.29, 1.82) is 0 Å². The number of pyridine rings is 3. The van der Waals surface area contributed by atoms with E-state index in [1.54, 1.807) is 0 Å². The van der Waals surface area contributed by atoms with Crippen LogP contribution in [0.2, 0.25) is 0 Å². The maximum atomic E-state index is 4.53. The Hall–Kier alpha value is -2.05. The maximum absolute atomic E-state index is 4.53. The first-order valence-corrected chi connectivity index (χ1v) is 9.36. The van der Waals surface area contributed by atoms with Gasteiger partial charge in [-0.1, -0.05) is 6.07 Å². The van der Waals surface area contributed by atoms with E-state index in [1.807, 2.05) is 36.8 Å². The van der Waals surface area contributed by atoms with Crippen molar-refractivity contribution in [3.05, 3.63) is 59.1 Å². The van der Waals surface area contributed by atoms with E-state index in [0.717, 1.165) is 59.4 Å². The number of piperidine rings is 1. The van der Waals surface area contributed by atoms with Gasteiger partial charge in [0.25, 0.3) is 0 Å². The van der Waals surface area contributed by atoms with Crippen LogP contribution in [0.4, 0.5) is 5.69 Å². The van der Waals surface area contributed by atoms with Crippen molar-refractivity contribution >= 4 is 32.7 Å². The Morgan fingerprint density at radius 1 is 1.08 bits per heavy atom. The third-order valence-corrected chi connectivity index (χ3v) is 5.04. The van der Waals surface area contributed by atoms with Crippen molar-refractivity contribution in [1.82, 2.24) is 19.9 Å². The lowest BCUT2D eigenvalue weighted by molar-refractivity contribution is 0.209. The van der Waals surface area contributed by atoms with Gasteiger partial charge in [-0.05, 0) is 53.0 Å². The van der Waals surface area contributed by atoms with Gasteiger partial charge < -0.3 is 5.32 Å². The molecule has 3 aromatic rings. The van der Waals surface area contributed by atoms with E-state index in [4.69, 9.17) is 0 Å². The molecule has 0 aliphatic carbocycles. The summed E-state index contributed by atoms with van der Waals surface area (Å²) in [7, 11) is 0. The summed E-state index contributed by atoms with van der Waals surface area (Å²) in [5.41, 5.74) is 4.05. The summed E-state index contributed by atoms with van der Waals surface area (Å²) in [5, 5.41) is 3.67. The highest BCUT2D eigenvalue weighted by molar-refractivity contribution is 9.10. The number of fused-ring (bicyclic) bond motifs is 1. The van der Waals surface area contributed by atoms with Gasteiger partial charge in [0, 0.05) is 48.7 Å². The van der Waals surface area contributed by atoms with E-state index in [1.165, 1.54) is 0 Å². The molecule has 1 fully saturated rings. The molecule has 1 aliphatic rings. The molecule has 0 saturated carbocycles. The molecule has 6 heteroatoms. The van der Waals surface area contributed by atoms with Gasteiger partial charge in [0.2, 0.25) is 0 Å². The van der Waals surface area contributed by atoms with Gasteiger partial charge in [-0.15, -0.1) is 0 Å². The standard InChI is InChI=1S/C19H20BrN5/c20-14-11-18-19(23-12-14)17(4-8-22-18)24-15-5-9-25(10-6-15)13-16-3-1-2-7-21-16/h1-4,7-8,11-12,15H,5-6,9-10,13H2,(H,22,24). The van der Waals surface area contributed by atoms with Gasteiger partial charge in [-0.25, -0.2) is 0 Å². The largest absolute Gasteiger partial charge is 0.380 e. The number of aromatic nitrogens is 3. The maximum Gasteiger partial charge on any atom is 0.112 e. The third-order valence-electron chi connectivity index (χ3n) is 4.60. The molecule has 4 heterocycles. The van der Waals surface area contributed by atoms with Gasteiger partial charge in [-0.2, -0.15) is 0 Å². The Labute approximate surface area is 155 Å². The van der Waals surface area contributed by atoms with Crippen LogP contribution in [0.1, 0.15) is 18.5 Å². The average molecular weight is 398 g/mol. The third kappa shape index (κ3) is 3.96. The normalized spacial score (nSPS) is 16.2. The molecule has 128 valence electrons. The quantitative estimate of drug-likeness (QED) is 0.723. The van der Waals surface area contributed by atoms with Gasteiger partial charge in [0.05, 0.1) is 16.9 Å². The highest BCUT2D eigenvalue weighted by Gasteiger charge is 2.20. The molecular weight excluding hydrogens is 378 g/mol. The zero-order valence-corrected chi connectivity index (χ0v) is 15.5.